The maximum absolute atomic E-state index is 13.2. The number of piperidine rings is 1. The summed E-state index contributed by atoms with van der Waals surface area (Å²) in [6.45, 7) is 5.04. The minimum atomic E-state index is -2.63. The molecule has 5 heteroatoms. The van der Waals surface area contributed by atoms with E-state index in [1.165, 1.54) is 4.90 Å². The van der Waals surface area contributed by atoms with Crippen LogP contribution in [-0.4, -0.2) is 29.0 Å². The lowest BCUT2D eigenvalue weighted by Crippen LogP contribution is -2.50. The monoisotopic (exact) mass is 231 g/mol. The molecular weight excluding hydrogens is 216 g/mol. The fraction of sp³-hybridized carbons (Fsp3) is 0.727. The van der Waals surface area contributed by atoms with Crippen molar-refractivity contribution >= 4 is 6.09 Å². The van der Waals surface area contributed by atoms with Gasteiger partial charge in [0.1, 0.15) is 0 Å². The zero-order valence-electron chi connectivity index (χ0n) is 9.21. The van der Waals surface area contributed by atoms with E-state index in [1.807, 2.05) is 0 Å². The van der Waals surface area contributed by atoms with E-state index in [9.17, 15) is 13.6 Å². The molecule has 2 atom stereocenters. The predicted octanol–water partition coefficient (Wildman–Crippen LogP) is 2.92. The highest BCUT2D eigenvalue weighted by molar-refractivity contribution is 5.70. The smallest absolute Gasteiger partial charge is 0.415 e. The third kappa shape index (κ3) is 2.03. The van der Waals surface area contributed by atoms with Crippen LogP contribution in [0, 0.1) is 0 Å². The lowest BCUT2D eigenvalue weighted by molar-refractivity contribution is -0.0760. The second kappa shape index (κ2) is 3.71. The maximum Gasteiger partial charge on any atom is 0.415 e. The summed E-state index contributed by atoms with van der Waals surface area (Å²) in [6.07, 6.45) is 0.274. The van der Waals surface area contributed by atoms with Gasteiger partial charge in [-0.1, -0.05) is 6.58 Å². The van der Waals surface area contributed by atoms with Crippen molar-refractivity contribution in [3.05, 3.63) is 12.3 Å². The number of fused-ring (bicyclic) bond motifs is 2. The third-order valence-electron chi connectivity index (χ3n) is 3.16. The highest BCUT2D eigenvalue weighted by atomic mass is 19.3. The van der Waals surface area contributed by atoms with E-state index in [1.54, 1.807) is 6.92 Å². The standard InChI is InChI=1S/C11H15F2NO2/c1-7(2)16-10(15)14-8-3-4-9(14)6-11(12,13)5-8/h8-9H,1,3-6H2,2H3. The number of rotatable bonds is 1. The molecule has 0 N–H and O–H groups in total. The van der Waals surface area contributed by atoms with Crippen LogP contribution in [0.2, 0.25) is 0 Å². The van der Waals surface area contributed by atoms with E-state index in [0.29, 0.717) is 18.6 Å². The Morgan fingerprint density at radius 2 is 1.88 bits per heavy atom. The van der Waals surface area contributed by atoms with Crippen LogP contribution in [-0.2, 0) is 4.74 Å². The largest absolute Gasteiger partial charge is 0.416 e. The highest BCUT2D eigenvalue weighted by Crippen LogP contribution is 2.43. The Morgan fingerprint density at radius 3 is 2.31 bits per heavy atom. The van der Waals surface area contributed by atoms with Gasteiger partial charge < -0.3 is 9.64 Å². The number of allylic oxidation sites excluding steroid dienone is 1. The summed E-state index contributed by atoms with van der Waals surface area (Å²) < 4.78 is 31.4. The number of hydrogen-bond donors (Lipinski definition) is 0. The number of amides is 1. The first-order valence-corrected chi connectivity index (χ1v) is 5.42. The zero-order valence-corrected chi connectivity index (χ0v) is 9.21. The second-order valence-electron chi connectivity index (χ2n) is 4.63. The Kier molecular flexibility index (Phi) is 2.64. The number of nitrogens with zero attached hydrogens (tertiary/aromatic N) is 1. The van der Waals surface area contributed by atoms with Gasteiger partial charge in [0.25, 0.3) is 5.92 Å². The summed E-state index contributed by atoms with van der Waals surface area (Å²) in [7, 11) is 0. The number of hydrogen-bond acceptors (Lipinski definition) is 2. The van der Waals surface area contributed by atoms with E-state index in [-0.39, 0.29) is 24.9 Å². The molecule has 16 heavy (non-hydrogen) atoms. The normalized spacial score (nSPS) is 31.3. The third-order valence-corrected chi connectivity index (χ3v) is 3.16. The van der Waals surface area contributed by atoms with Gasteiger partial charge in [0.05, 0.1) is 5.76 Å². The summed E-state index contributed by atoms with van der Waals surface area (Å²) in [4.78, 5) is 13.1. The molecule has 2 heterocycles. The van der Waals surface area contributed by atoms with E-state index in [2.05, 4.69) is 6.58 Å². The van der Waals surface area contributed by atoms with E-state index in [4.69, 9.17) is 4.74 Å². The summed E-state index contributed by atoms with van der Waals surface area (Å²) in [5.74, 6) is -2.34. The van der Waals surface area contributed by atoms with E-state index >= 15 is 0 Å². The van der Waals surface area contributed by atoms with Gasteiger partial charge >= 0.3 is 6.09 Å². The topological polar surface area (TPSA) is 29.5 Å². The highest BCUT2D eigenvalue weighted by Gasteiger charge is 2.51. The van der Waals surface area contributed by atoms with Gasteiger partial charge in [-0.3, -0.25) is 0 Å². The number of halogens is 2. The van der Waals surface area contributed by atoms with Gasteiger partial charge in [-0.2, -0.15) is 0 Å². The average Bonchev–Trinajstić information content (AvgIpc) is 2.37. The molecule has 3 nitrogen and oxygen atoms in total. The predicted molar refractivity (Wildman–Crippen MR) is 54.1 cm³/mol. The van der Waals surface area contributed by atoms with E-state index < -0.39 is 12.0 Å². The molecule has 0 radical (unpaired) electrons. The first-order valence-electron chi connectivity index (χ1n) is 5.42. The van der Waals surface area contributed by atoms with Crippen molar-refractivity contribution in [1.29, 1.82) is 0 Å². The second-order valence-corrected chi connectivity index (χ2v) is 4.63. The van der Waals surface area contributed by atoms with E-state index in [0.717, 1.165) is 0 Å². The van der Waals surface area contributed by atoms with Crippen LogP contribution in [0.5, 0.6) is 0 Å². The molecule has 2 saturated heterocycles. The van der Waals surface area contributed by atoms with Crippen molar-refractivity contribution in [3.8, 4) is 0 Å². The molecule has 0 aliphatic carbocycles. The van der Waals surface area contributed by atoms with Crippen molar-refractivity contribution in [2.24, 2.45) is 0 Å². The van der Waals surface area contributed by atoms with Crippen LogP contribution < -0.4 is 0 Å². The molecule has 90 valence electrons. The van der Waals surface area contributed by atoms with Gasteiger partial charge in [-0.25, -0.2) is 13.6 Å². The molecule has 2 unspecified atom stereocenters. The molecule has 2 aliphatic rings. The zero-order chi connectivity index (χ0) is 11.9. The number of carbonyl (C=O) groups excluding carboxylic acids is 1. The Hall–Kier alpha value is -1.13. The molecule has 0 aromatic rings. The molecule has 0 spiro atoms. The molecular formula is C11H15F2NO2. The first-order chi connectivity index (χ1) is 7.39. The fourth-order valence-corrected chi connectivity index (χ4v) is 2.63. The average molecular weight is 231 g/mol. The number of ether oxygens (including phenoxy) is 1. The van der Waals surface area contributed by atoms with Crippen LogP contribution in [0.3, 0.4) is 0 Å². The van der Waals surface area contributed by atoms with Gasteiger partial charge in [-0.15, -0.1) is 0 Å². The molecule has 1 amide bonds. The van der Waals surface area contributed by atoms with Crippen molar-refractivity contribution < 1.29 is 18.3 Å². The van der Waals surface area contributed by atoms with Gasteiger partial charge in [0.2, 0.25) is 0 Å². The van der Waals surface area contributed by atoms with Crippen molar-refractivity contribution in [3.63, 3.8) is 0 Å². The molecule has 0 aromatic heterocycles. The Balaban J connectivity index is 2.08. The van der Waals surface area contributed by atoms with Gasteiger partial charge in [-0.05, 0) is 19.8 Å². The molecule has 2 bridgehead atoms. The minimum absolute atomic E-state index is 0.241. The lowest BCUT2D eigenvalue weighted by atomic mass is 9.99. The molecule has 2 rings (SSSR count). The summed E-state index contributed by atoms with van der Waals surface area (Å²) >= 11 is 0. The Labute approximate surface area is 93.1 Å². The van der Waals surface area contributed by atoms with Gasteiger partial charge in [0, 0.05) is 24.9 Å². The Morgan fingerprint density at radius 1 is 1.38 bits per heavy atom. The van der Waals surface area contributed by atoms with Crippen molar-refractivity contribution in [1.82, 2.24) is 4.90 Å². The van der Waals surface area contributed by atoms with Crippen LogP contribution >= 0.6 is 0 Å². The Bertz CT molecular complexity index is 314. The van der Waals surface area contributed by atoms with Crippen LogP contribution in [0.15, 0.2) is 12.3 Å². The summed E-state index contributed by atoms with van der Waals surface area (Å²) in [6, 6.07) is -0.749. The first kappa shape index (κ1) is 11.4. The molecule has 0 saturated carbocycles. The lowest BCUT2D eigenvalue weighted by Gasteiger charge is -2.37. The minimum Gasteiger partial charge on any atom is -0.416 e. The van der Waals surface area contributed by atoms with Crippen LogP contribution in [0.4, 0.5) is 13.6 Å². The fourth-order valence-electron chi connectivity index (χ4n) is 2.63. The van der Waals surface area contributed by atoms with Crippen LogP contribution in [0.1, 0.15) is 32.6 Å². The maximum atomic E-state index is 13.2. The molecule has 0 aromatic carbocycles. The summed E-state index contributed by atoms with van der Waals surface area (Å²) in [5.41, 5.74) is 0. The summed E-state index contributed by atoms with van der Waals surface area (Å²) in [5, 5.41) is 0. The molecule has 2 aliphatic heterocycles. The van der Waals surface area contributed by atoms with Crippen molar-refractivity contribution in [2.75, 3.05) is 0 Å². The van der Waals surface area contributed by atoms with Gasteiger partial charge in [0.15, 0.2) is 0 Å². The number of alkyl halides is 2. The quantitative estimate of drug-likeness (QED) is 0.649. The van der Waals surface area contributed by atoms with Crippen LogP contribution in [0.25, 0.3) is 0 Å². The van der Waals surface area contributed by atoms with Crippen molar-refractivity contribution in [2.45, 2.75) is 50.6 Å². The SMILES string of the molecule is C=C(C)OC(=O)N1C2CCC1CC(F)(F)C2. The molecule has 2 fully saturated rings. The number of carbonyl (C=O) groups is 1.